The van der Waals surface area contributed by atoms with Crippen molar-refractivity contribution in [1.82, 2.24) is 14.9 Å². The largest absolute Gasteiger partial charge is 0.496 e. The SMILES string of the molecule is COc1ccccc1C(=O)NC(C)c1nc2ccccc2n1CCOc1ccc(Cl)cc1. The Hall–Kier alpha value is -3.51. The van der Waals surface area contributed by atoms with E-state index >= 15 is 0 Å². The first-order chi connectivity index (χ1) is 15.6. The number of rotatable bonds is 8. The van der Waals surface area contributed by atoms with E-state index < -0.39 is 0 Å². The van der Waals surface area contributed by atoms with Crippen molar-refractivity contribution in [2.75, 3.05) is 13.7 Å². The first kappa shape index (κ1) is 21.7. The zero-order valence-electron chi connectivity index (χ0n) is 17.9. The van der Waals surface area contributed by atoms with Gasteiger partial charge in [0.05, 0.1) is 36.3 Å². The van der Waals surface area contributed by atoms with Crippen LogP contribution in [0.5, 0.6) is 11.5 Å². The average molecular weight is 450 g/mol. The Morgan fingerprint density at radius 3 is 2.56 bits per heavy atom. The number of fused-ring (bicyclic) bond motifs is 1. The molecule has 0 radical (unpaired) electrons. The van der Waals surface area contributed by atoms with Crippen molar-refractivity contribution in [3.05, 3.63) is 89.2 Å². The highest BCUT2D eigenvalue weighted by Gasteiger charge is 2.20. The van der Waals surface area contributed by atoms with Gasteiger partial charge in [-0.3, -0.25) is 4.79 Å². The fraction of sp³-hybridized carbons (Fsp3) is 0.200. The van der Waals surface area contributed by atoms with Gasteiger partial charge in [-0.25, -0.2) is 4.98 Å². The second-order valence-electron chi connectivity index (χ2n) is 7.31. The fourth-order valence-electron chi connectivity index (χ4n) is 3.62. The van der Waals surface area contributed by atoms with Crippen LogP contribution >= 0.6 is 11.6 Å². The Morgan fingerprint density at radius 1 is 1.06 bits per heavy atom. The first-order valence-corrected chi connectivity index (χ1v) is 10.7. The first-order valence-electron chi connectivity index (χ1n) is 10.3. The van der Waals surface area contributed by atoms with Gasteiger partial charge in [0.1, 0.15) is 23.9 Å². The van der Waals surface area contributed by atoms with E-state index in [0.29, 0.717) is 29.5 Å². The van der Waals surface area contributed by atoms with Crippen LogP contribution in [0.1, 0.15) is 29.1 Å². The van der Waals surface area contributed by atoms with E-state index in [-0.39, 0.29) is 11.9 Å². The molecule has 6 nitrogen and oxygen atoms in total. The minimum absolute atomic E-state index is 0.217. The third kappa shape index (κ3) is 4.70. The summed E-state index contributed by atoms with van der Waals surface area (Å²) in [4.78, 5) is 17.7. The summed E-state index contributed by atoms with van der Waals surface area (Å²) in [7, 11) is 1.55. The van der Waals surface area contributed by atoms with E-state index in [9.17, 15) is 4.79 Å². The minimum Gasteiger partial charge on any atom is -0.496 e. The Bertz CT molecular complexity index is 1220. The van der Waals surface area contributed by atoms with Crippen molar-refractivity contribution in [2.24, 2.45) is 0 Å². The maximum Gasteiger partial charge on any atom is 0.255 e. The maximum atomic E-state index is 12.9. The van der Waals surface area contributed by atoms with Crippen LogP contribution in [-0.4, -0.2) is 29.2 Å². The average Bonchev–Trinajstić information content (AvgIpc) is 3.19. The van der Waals surface area contributed by atoms with E-state index in [1.807, 2.05) is 55.5 Å². The number of aromatic nitrogens is 2. The predicted octanol–water partition coefficient (Wildman–Crippen LogP) is 5.27. The molecule has 0 aliphatic heterocycles. The summed E-state index contributed by atoms with van der Waals surface area (Å²) in [5, 5.41) is 3.71. The molecule has 164 valence electrons. The van der Waals surface area contributed by atoms with Crippen molar-refractivity contribution in [3.8, 4) is 11.5 Å². The van der Waals surface area contributed by atoms with Crippen molar-refractivity contribution < 1.29 is 14.3 Å². The van der Waals surface area contributed by atoms with Crippen LogP contribution in [0.2, 0.25) is 5.02 Å². The molecule has 1 N–H and O–H groups in total. The Balaban J connectivity index is 1.54. The summed E-state index contributed by atoms with van der Waals surface area (Å²) >= 11 is 5.94. The molecule has 3 aromatic carbocycles. The van der Waals surface area contributed by atoms with Gasteiger partial charge >= 0.3 is 0 Å². The van der Waals surface area contributed by atoms with Crippen LogP contribution < -0.4 is 14.8 Å². The minimum atomic E-state index is -0.324. The number of hydrogen-bond donors (Lipinski definition) is 1. The summed E-state index contributed by atoms with van der Waals surface area (Å²) in [6.07, 6.45) is 0. The number of hydrogen-bond acceptors (Lipinski definition) is 4. The highest BCUT2D eigenvalue weighted by atomic mass is 35.5. The number of methoxy groups -OCH3 is 1. The van der Waals surface area contributed by atoms with Crippen LogP contribution in [0.25, 0.3) is 11.0 Å². The summed E-state index contributed by atoms with van der Waals surface area (Å²) in [6.45, 7) is 2.95. The number of carbonyl (C=O) groups excluding carboxylic acids is 1. The molecule has 0 aliphatic rings. The van der Waals surface area contributed by atoms with Gasteiger partial charge < -0.3 is 19.4 Å². The topological polar surface area (TPSA) is 65.4 Å². The molecule has 0 bridgehead atoms. The number of nitrogens with one attached hydrogen (secondary N) is 1. The molecule has 4 aromatic rings. The van der Waals surface area contributed by atoms with Gasteiger partial charge in [-0.2, -0.15) is 0 Å². The number of halogens is 1. The monoisotopic (exact) mass is 449 g/mol. The van der Waals surface area contributed by atoms with E-state index in [0.717, 1.165) is 22.6 Å². The predicted molar refractivity (Wildman–Crippen MR) is 126 cm³/mol. The molecule has 1 amide bonds. The maximum absolute atomic E-state index is 12.9. The number of imidazole rings is 1. The summed E-state index contributed by atoms with van der Waals surface area (Å²) < 4.78 is 13.3. The van der Waals surface area contributed by atoms with Crippen LogP contribution in [0.15, 0.2) is 72.8 Å². The lowest BCUT2D eigenvalue weighted by atomic mass is 10.1. The zero-order chi connectivity index (χ0) is 22.5. The third-order valence-corrected chi connectivity index (χ3v) is 5.42. The van der Waals surface area contributed by atoms with Crippen LogP contribution in [-0.2, 0) is 6.54 Å². The summed E-state index contributed by atoms with van der Waals surface area (Å²) in [5.41, 5.74) is 2.34. The summed E-state index contributed by atoms with van der Waals surface area (Å²) in [5.74, 6) is 1.82. The molecular formula is C25H24ClN3O3. The van der Waals surface area contributed by atoms with Crippen molar-refractivity contribution in [2.45, 2.75) is 19.5 Å². The molecule has 32 heavy (non-hydrogen) atoms. The summed E-state index contributed by atoms with van der Waals surface area (Å²) in [6, 6.07) is 22.0. The van der Waals surface area contributed by atoms with Gasteiger partial charge in [0.25, 0.3) is 5.91 Å². The zero-order valence-corrected chi connectivity index (χ0v) is 18.7. The standard InChI is InChI=1S/C25H24ClN3O3/c1-17(27-25(30)20-7-3-6-10-23(20)31-2)24-28-21-8-4-5-9-22(21)29(24)15-16-32-19-13-11-18(26)12-14-19/h3-14,17H,15-16H2,1-2H3,(H,27,30). The lowest BCUT2D eigenvalue weighted by Gasteiger charge is -2.17. The van der Waals surface area contributed by atoms with E-state index in [1.165, 1.54) is 0 Å². The van der Waals surface area contributed by atoms with Gasteiger partial charge in [0.2, 0.25) is 0 Å². The number of amides is 1. The molecule has 1 aromatic heterocycles. The molecule has 0 saturated heterocycles. The third-order valence-electron chi connectivity index (χ3n) is 5.17. The highest BCUT2D eigenvalue weighted by molar-refractivity contribution is 6.30. The smallest absolute Gasteiger partial charge is 0.255 e. The van der Waals surface area contributed by atoms with Gasteiger partial charge in [0, 0.05) is 5.02 Å². The number of ether oxygens (including phenoxy) is 2. The van der Waals surface area contributed by atoms with Gasteiger partial charge in [-0.05, 0) is 55.5 Å². The fourth-order valence-corrected chi connectivity index (χ4v) is 3.74. The van der Waals surface area contributed by atoms with Gasteiger partial charge in [-0.1, -0.05) is 35.9 Å². The van der Waals surface area contributed by atoms with E-state index in [4.69, 9.17) is 26.1 Å². The van der Waals surface area contributed by atoms with Crippen molar-refractivity contribution >= 4 is 28.5 Å². The molecule has 4 rings (SSSR count). The van der Waals surface area contributed by atoms with Crippen LogP contribution in [0.4, 0.5) is 0 Å². The Morgan fingerprint density at radius 2 is 1.78 bits per heavy atom. The van der Waals surface area contributed by atoms with Gasteiger partial charge in [-0.15, -0.1) is 0 Å². The highest BCUT2D eigenvalue weighted by Crippen LogP contribution is 2.23. The molecule has 0 saturated carbocycles. The lowest BCUT2D eigenvalue weighted by molar-refractivity contribution is 0.0934. The number of para-hydroxylation sites is 3. The number of carbonyl (C=O) groups is 1. The molecule has 1 unspecified atom stereocenters. The molecule has 0 aliphatic carbocycles. The molecular weight excluding hydrogens is 426 g/mol. The second-order valence-corrected chi connectivity index (χ2v) is 7.74. The van der Waals surface area contributed by atoms with E-state index in [2.05, 4.69) is 9.88 Å². The normalized spacial score (nSPS) is 11.8. The Labute approximate surface area is 191 Å². The van der Waals surface area contributed by atoms with Crippen molar-refractivity contribution in [1.29, 1.82) is 0 Å². The molecule has 1 heterocycles. The van der Waals surface area contributed by atoms with Crippen LogP contribution in [0.3, 0.4) is 0 Å². The molecule has 7 heteroatoms. The molecule has 0 spiro atoms. The number of nitrogens with zero attached hydrogens (tertiary/aromatic N) is 2. The van der Waals surface area contributed by atoms with E-state index in [1.54, 1.807) is 31.4 Å². The van der Waals surface area contributed by atoms with Crippen molar-refractivity contribution in [3.63, 3.8) is 0 Å². The second kappa shape index (κ2) is 9.75. The quantitative estimate of drug-likeness (QED) is 0.398. The Kier molecular flexibility index (Phi) is 6.61. The van der Waals surface area contributed by atoms with Crippen LogP contribution in [0, 0.1) is 0 Å². The number of benzene rings is 3. The van der Waals surface area contributed by atoms with Gasteiger partial charge in [0.15, 0.2) is 0 Å². The molecule has 1 atom stereocenters. The molecule has 0 fully saturated rings. The lowest BCUT2D eigenvalue weighted by Crippen LogP contribution is -2.29.